The van der Waals surface area contributed by atoms with Gasteiger partial charge in [0, 0.05) is 18.6 Å². The molecule has 1 aromatic carbocycles. The molecule has 2 atom stereocenters. The van der Waals surface area contributed by atoms with E-state index in [0.29, 0.717) is 17.8 Å². The third-order valence-electron chi connectivity index (χ3n) is 3.35. The van der Waals surface area contributed by atoms with E-state index < -0.39 is 0 Å². The van der Waals surface area contributed by atoms with Crippen molar-refractivity contribution in [3.05, 3.63) is 29.8 Å². The summed E-state index contributed by atoms with van der Waals surface area (Å²) in [6, 6.07) is 8.17. The van der Waals surface area contributed by atoms with Crippen molar-refractivity contribution in [3.63, 3.8) is 0 Å². The van der Waals surface area contributed by atoms with E-state index in [-0.39, 0.29) is 0 Å². The Kier molecular flexibility index (Phi) is 6.16. The Bertz CT molecular complexity index is 333. The Morgan fingerprint density at radius 1 is 1.11 bits per heavy atom. The lowest BCUT2D eigenvalue weighted by molar-refractivity contribution is 0.264. The normalized spacial score (nSPS) is 14.7. The topological polar surface area (TPSA) is 35.5 Å². The van der Waals surface area contributed by atoms with E-state index in [0.717, 1.165) is 19.6 Å². The molecule has 0 fully saturated rings. The zero-order valence-electron chi connectivity index (χ0n) is 12.0. The predicted molar refractivity (Wildman–Crippen MR) is 76.9 cm³/mol. The average molecular weight is 250 g/mol. The highest BCUT2D eigenvalue weighted by molar-refractivity contribution is 5.27. The number of likely N-dealkylation sites (N-methyl/N-ethyl adjacent to an activating group) is 1. The number of rotatable bonds is 7. The summed E-state index contributed by atoms with van der Waals surface area (Å²) in [7, 11) is 0. The molecule has 0 heterocycles. The maximum absolute atomic E-state index is 9.28. The number of phenolic OH excluding ortho intramolecular Hbond substituents is 1. The summed E-state index contributed by atoms with van der Waals surface area (Å²) in [6.45, 7) is 12.0. The second-order valence-corrected chi connectivity index (χ2v) is 4.87. The molecule has 0 aromatic heterocycles. The van der Waals surface area contributed by atoms with Gasteiger partial charge in [-0.15, -0.1) is 0 Å². The quantitative estimate of drug-likeness (QED) is 0.781. The first-order valence-electron chi connectivity index (χ1n) is 6.84. The number of nitrogens with one attached hydrogen (secondary N) is 1. The molecule has 1 rings (SSSR count). The van der Waals surface area contributed by atoms with E-state index in [9.17, 15) is 5.11 Å². The molecule has 0 saturated carbocycles. The van der Waals surface area contributed by atoms with Gasteiger partial charge in [0.2, 0.25) is 0 Å². The molecule has 0 amide bonds. The van der Waals surface area contributed by atoms with Crippen molar-refractivity contribution in [1.82, 2.24) is 10.2 Å². The number of aromatic hydroxyl groups is 1. The summed E-state index contributed by atoms with van der Waals surface area (Å²) in [5, 5.41) is 12.9. The minimum atomic E-state index is 0.302. The lowest BCUT2D eigenvalue weighted by Gasteiger charge is -2.26. The van der Waals surface area contributed by atoms with Crippen LogP contribution in [0.4, 0.5) is 0 Å². The zero-order chi connectivity index (χ0) is 13.5. The maximum atomic E-state index is 9.28. The van der Waals surface area contributed by atoms with Crippen LogP contribution >= 0.6 is 0 Å². The fourth-order valence-electron chi connectivity index (χ4n) is 2.21. The van der Waals surface area contributed by atoms with Crippen LogP contribution in [0.1, 0.15) is 39.3 Å². The summed E-state index contributed by atoms with van der Waals surface area (Å²) in [5.74, 6) is 0.321. The first kappa shape index (κ1) is 15.0. The molecule has 0 aliphatic heterocycles. The van der Waals surface area contributed by atoms with Crippen molar-refractivity contribution < 1.29 is 5.11 Å². The minimum Gasteiger partial charge on any atom is -0.508 e. The van der Waals surface area contributed by atoms with E-state index >= 15 is 0 Å². The third kappa shape index (κ3) is 4.67. The van der Waals surface area contributed by atoms with Crippen LogP contribution in [0.2, 0.25) is 0 Å². The molecular weight excluding hydrogens is 224 g/mol. The van der Waals surface area contributed by atoms with Crippen molar-refractivity contribution in [1.29, 1.82) is 0 Å². The zero-order valence-corrected chi connectivity index (χ0v) is 12.0. The largest absolute Gasteiger partial charge is 0.508 e. The molecule has 3 nitrogen and oxygen atoms in total. The average Bonchev–Trinajstić information content (AvgIpc) is 2.36. The molecule has 3 heteroatoms. The van der Waals surface area contributed by atoms with Gasteiger partial charge in [0.05, 0.1) is 0 Å². The Morgan fingerprint density at radius 3 is 2.17 bits per heavy atom. The number of phenols is 1. The van der Waals surface area contributed by atoms with Gasteiger partial charge in [-0.2, -0.15) is 0 Å². The van der Waals surface area contributed by atoms with Crippen molar-refractivity contribution in [2.24, 2.45) is 0 Å². The second kappa shape index (κ2) is 7.39. The first-order valence-corrected chi connectivity index (χ1v) is 6.84. The van der Waals surface area contributed by atoms with Crippen LogP contribution in [0.5, 0.6) is 5.75 Å². The molecule has 0 aliphatic carbocycles. The molecule has 18 heavy (non-hydrogen) atoms. The summed E-state index contributed by atoms with van der Waals surface area (Å²) < 4.78 is 0. The number of nitrogens with zero attached hydrogens (tertiary/aromatic N) is 1. The predicted octanol–water partition coefficient (Wildman–Crippen LogP) is 2.77. The molecule has 0 aliphatic rings. The van der Waals surface area contributed by atoms with Gasteiger partial charge in [0.25, 0.3) is 0 Å². The maximum Gasteiger partial charge on any atom is 0.115 e. The SMILES string of the molecule is CCN(CC)CC(C)NC(C)c1ccc(O)cc1. The number of hydrogen-bond donors (Lipinski definition) is 2. The van der Waals surface area contributed by atoms with Gasteiger partial charge < -0.3 is 15.3 Å². The third-order valence-corrected chi connectivity index (χ3v) is 3.35. The molecular formula is C15H26N2O. The van der Waals surface area contributed by atoms with Gasteiger partial charge in [-0.1, -0.05) is 26.0 Å². The van der Waals surface area contributed by atoms with Crippen LogP contribution in [0.3, 0.4) is 0 Å². The van der Waals surface area contributed by atoms with Gasteiger partial charge in [-0.25, -0.2) is 0 Å². The van der Waals surface area contributed by atoms with Gasteiger partial charge >= 0.3 is 0 Å². The van der Waals surface area contributed by atoms with E-state index in [4.69, 9.17) is 0 Å². The molecule has 102 valence electrons. The molecule has 2 unspecified atom stereocenters. The Hall–Kier alpha value is -1.06. The summed E-state index contributed by atoms with van der Waals surface area (Å²) in [6.07, 6.45) is 0. The minimum absolute atomic E-state index is 0.302. The van der Waals surface area contributed by atoms with Crippen LogP contribution < -0.4 is 5.32 Å². The summed E-state index contributed by atoms with van der Waals surface area (Å²) in [4.78, 5) is 2.42. The van der Waals surface area contributed by atoms with E-state index in [1.54, 1.807) is 12.1 Å². The van der Waals surface area contributed by atoms with E-state index in [2.05, 4.69) is 37.9 Å². The fraction of sp³-hybridized carbons (Fsp3) is 0.600. The summed E-state index contributed by atoms with van der Waals surface area (Å²) >= 11 is 0. The van der Waals surface area contributed by atoms with Gasteiger partial charge in [-0.3, -0.25) is 0 Å². The lowest BCUT2D eigenvalue weighted by atomic mass is 10.1. The van der Waals surface area contributed by atoms with E-state index in [1.807, 2.05) is 12.1 Å². The molecule has 0 spiro atoms. The standard InChI is InChI=1S/C15H26N2O/c1-5-17(6-2)11-12(3)16-13(4)14-7-9-15(18)10-8-14/h7-10,12-13,16,18H,5-6,11H2,1-4H3. The summed E-state index contributed by atoms with van der Waals surface area (Å²) in [5.41, 5.74) is 1.21. The lowest BCUT2D eigenvalue weighted by Crippen LogP contribution is -2.40. The van der Waals surface area contributed by atoms with Crippen molar-refractivity contribution in [2.75, 3.05) is 19.6 Å². The molecule has 0 radical (unpaired) electrons. The van der Waals surface area contributed by atoms with Crippen LogP contribution in [-0.2, 0) is 0 Å². The second-order valence-electron chi connectivity index (χ2n) is 4.87. The Balaban J connectivity index is 2.48. The highest BCUT2D eigenvalue weighted by atomic mass is 16.3. The van der Waals surface area contributed by atoms with Crippen molar-refractivity contribution in [2.45, 2.75) is 39.8 Å². The van der Waals surface area contributed by atoms with Crippen LogP contribution in [0, 0.1) is 0 Å². The molecule has 1 aromatic rings. The van der Waals surface area contributed by atoms with Gasteiger partial charge in [0.15, 0.2) is 0 Å². The van der Waals surface area contributed by atoms with Crippen LogP contribution in [-0.4, -0.2) is 35.7 Å². The monoisotopic (exact) mass is 250 g/mol. The molecule has 0 bridgehead atoms. The van der Waals surface area contributed by atoms with E-state index in [1.165, 1.54) is 5.56 Å². The van der Waals surface area contributed by atoms with Crippen LogP contribution in [0.25, 0.3) is 0 Å². The molecule has 2 N–H and O–H groups in total. The smallest absolute Gasteiger partial charge is 0.115 e. The van der Waals surface area contributed by atoms with Crippen LogP contribution in [0.15, 0.2) is 24.3 Å². The molecule has 0 saturated heterocycles. The highest BCUT2D eigenvalue weighted by Gasteiger charge is 2.11. The van der Waals surface area contributed by atoms with Crippen molar-refractivity contribution >= 4 is 0 Å². The van der Waals surface area contributed by atoms with Crippen molar-refractivity contribution in [3.8, 4) is 5.75 Å². The number of benzene rings is 1. The Morgan fingerprint density at radius 2 is 1.67 bits per heavy atom. The number of hydrogen-bond acceptors (Lipinski definition) is 3. The first-order chi connectivity index (χ1) is 8.56. The van der Waals surface area contributed by atoms with Gasteiger partial charge in [0.1, 0.15) is 5.75 Å². The highest BCUT2D eigenvalue weighted by Crippen LogP contribution is 2.16. The van der Waals surface area contributed by atoms with Gasteiger partial charge in [-0.05, 0) is 44.6 Å². The Labute approximate surface area is 111 Å². The fourth-order valence-corrected chi connectivity index (χ4v) is 2.21.